The Morgan fingerprint density at radius 2 is 1.80 bits per heavy atom. The van der Waals surface area contributed by atoms with Gasteiger partial charge in [0.1, 0.15) is 5.75 Å². The number of benzene rings is 1. The Morgan fingerprint density at radius 1 is 1.20 bits per heavy atom. The molecule has 1 aromatic rings. The van der Waals surface area contributed by atoms with Gasteiger partial charge in [-0.1, -0.05) is 39.0 Å². The molecule has 15 heavy (non-hydrogen) atoms. The van der Waals surface area contributed by atoms with Gasteiger partial charge in [-0.15, -0.1) is 0 Å². The van der Waals surface area contributed by atoms with Crippen LogP contribution in [0.5, 0.6) is 5.75 Å². The summed E-state index contributed by atoms with van der Waals surface area (Å²) in [7, 11) is 0. The Bertz CT molecular complexity index is 287. The molecule has 0 aliphatic carbocycles. The maximum atomic E-state index is 5.75. The molecule has 0 aliphatic rings. The van der Waals surface area contributed by atoms with Gasteiger partial charge in [0.15, 0.2) is 0 Å². The highest BCUT2D eigenvalue weighted by molar-refractivity contribution is 5.45. The van der Waals surface area contributed by atoms with E-state index in [9.17, 15) is 0 Å². The van der Waals surface area contributed by atoms with Gasteiger partial charge in [-0.25, -0.2) is 0 Å². The first-order valence-corrected chi connectivity index (χ1v) is 5.66. The average molecular weight is 205 g/mol. The molecule has 0 amide bonds. The summed E-state index contributed by atoms with van der Waals surface area (Å²) in [5, 5.41) is 0. The fourth-order valence-corrected chi connectivity index (χ4v) is 1.73. The van der Waals surface area contributed by atoms with Crippen LogP contribution in [0.4, 0.5) is 0 Å². The summed E-state index contributed by atoms with van der Waals surface area (Å²) in [6, 6.07) is 6.34. The number of hydrogen-bond acceptors (Lipinski definition) is 1. The first-order valence-electron chi connectivity index (χ1n) is 5.66. The van der Waals surface area contributed by atoms with Crippen LogP contribution in [0.2, 0.25) is 0 Å². The van der Waals surface area contributed by atoms with Crippen molar-refractivity contribution >= 4 is 0 Å². The summed E-state index contributed by atoms with van der Waals surface area (Å²) >= 11 is 0. The molecule has 0 N–H and O–H groups in total. The van der Waals surface area contributed by atoms with Gasteiger partial charge >= 0.3 is 0 Å². The van der Waals surface area contributed by atoms with Crippen molar-refractivity contribution in [2.24, 2.45) is 0 Å². The van der Waals surface area contributed by atoms with Gasteiger partial charge in [0.2, 0.25) is 0 Å². The Kier molecular flexibility index (Phi) is 4.19. The normalized spacial score (nSPS) is 11.1. The highest BCUT2D eigenvalue weighted by Crippen LogP contribution is 2.34. The second kappa shape index (κ2) is 5.20. The molecule has 0 saturated carbocycles. The molecular weight excluding hydrogens is 184 g/mol. The van der Waals surface area contributed by atoms with Crippen LogP contribution in [0.25, 0.3) is 0 Å². The topological polar surface area (TPSA) is 9.23 Å². The molecule has 1 heteroatoms. The molecule has 0 bridgehead atoms. The van der Waals surface area contributed by atoms with Crippen LogP contribution in [0.1, 0.15) is 50.7 Å². The third-order valence-electron chi connectivity index (χ3n) is 2.52. The van der Waals surface area contributed by atoms with E-state index in [-0.39, 0.29) is 5.92 Å². The predicted octanol–water partition coefficient (Wildman–Crippen LogP) is 4.15. The van der Waals surface area contributed by atoms with E-state index in [2.05, 4.69) is 45.9 Å². The van der Waals surface area contributed by atoms with Crippen LogP contribution in [-0.4, -0.2) is 6.61 Å². The molecule has 1 rings (SSSR count). The lowest BCUT2D eigenvalue weighted by Gasteiger charge is -2.19. The smallest absolute Gasteiger partial charge is 0.126 e. The molecule has 0 spiro atoms. The van der Waals surface area contributed by atoms with E-state index in [0.717, 1.165) is 5.75 Å². The summed E-state index contributed by atoms with van der Waals surface area (Å²) in [5.41, 5.74) is 2.49. The van der Waals surface area contributed by atoms with Crippen molar-refractivity contribution in [3.63, 3.8) is 0 Å². The van der Waals surface area contributed by atoms with Gasteiger partial charge in [0.25, 0.3) is 0 Å². The van der Waals surface area contributed by atoms with E-state index < -0.39 is 0 Å². The van der Waals surface area contributed by atoms with E-state index in [0.29, 0.717) is 12.5 Å². The lowest BCUT2D eigenvalue weighted by Crippen LogP contribution is -2.03. The molecule has 1 atom stereocenters. The van der Waals surface area contributed by atoms with E-state index in [1.54, 1.807) is 0 Å². The summed E-state index contributed by atoms with van der Waals surface area (Å²) in [6.07, 6.45) is 0. The van der Waals surface area contributed by atoms with E-state index in [1.807, 2.05) is 6.92 Å². The molecule has 0 aromatic heterocycles. The molecule has 0 fully saturated rings. The van der Waals surface area contributed by atoms with Gasteiger partial charge < -0.3 is 4.74 Å². The van der Waals surface area contributed by atoms with Gasteiger partial charge in [0, 0.05) is 0 Å². The number of hydrogen-bond donors (Lipinski definition) is 0. The lowest BCUT2D eigenvalue weighted by atomic mass is 9.94. The fourth-order valence-electron chi connectivity index (χ4n) is 1.73. The van der Waals surface area contributed by atoms with Crippen LogP contribution in [0, 0.1) is 6.92 Å². The predicted molar refractivity (Wildman–Crippen MR) is 65.5 cm³/mol. The van der Waals surface area contributed by atoms with Crippen molar-refractivity contribution in [3.8, 4) is 5.75 Å². The molecule has 1 unspecified atom stereocenters. The monoisotopic (exact) mass is 205 g/mol. The van der Waals surface area contributed by atoms with Gasteiger partial charge in [0.05, 0.1) is 6.61 Å². The zero-order chi connectivity index (χ0) is 11.4. The van der Waals surface area contributed by atoms with Crippen molar-refractivity contribution in [3.05, 3.63) is 36.2 Å². The second-order valence-corrected chi connectivity index (χ2v) is 4.25. The minimum absolute atomic E-state index is 0.269. The molecule has 1 nitrogen and oxygen atoms in total. The minimum atomic E-state index is 0.269. The lowest BCUT2D eigenvalue weighted by molar-refractivity contribution is 0.330. The first-order chi connectivity index (χ1) is 7.07. The highest BCUT2D eigenvalue weighted by Gasteiger charge is 2.14. The third kappa shape index (κ3) is 2.74. The van der Waals surface area contributed by atoms with Crippen molar-refractivity contribution < 1.29 is 4.74 Å². The Balaban J connectivity index is 3.21. The maximum absolute atomic E-state index is 5.75. The average Bonchev–Trinajstić information content (AvgIpc) is 2.17. The van der Waals surface area contributed by atoms with Crippen LogP contribution in [-0.2, 0) is 0 Å². The Hall–Kier alpha value is -0.980. The zero-order valence-electron chi connectivity index (χ0n) is 10.2. The second-order valence-electron chi connectivity index (χ2n) is 4.25. The standard InChI is InChI=1S/C14H21O/c1-6-15-14-12(10(2)3)8-7-9-13(14)11(4)5/h7-11H,2,6H2,1,3-5H3. The summed E-state index contributed by atoms with van der Waals surface area (Å²) in [5.74, 6) is 1.80. The Labute approximate surface area is 93.5 Å². The van der Waals surface area contributed by atoms with Crippen molar-refractivity contribution in [2.75, 3.05) is 6.61 Å². The van der Waals surface area contributed by atoms with Crippen LogP contribution in [0.3, 0.4) is 0 Å². The van der Waals surface area contributed by atoms with Gasteiger partial charge in [-0.2, -0.15) is 0 Å². The quantitative estimate of drug-likeness (QED) is 0.717. The molecule has 0 saturated heterocycles. The SMILES string of the molecule is [CH2]C(C)c1cccc(C(C)C)c1OCC. The first kappa shape index (κ1) is 12.1. The molecule has 83 valence electrons. The fraction of sp³-hybridized carbons (Fsp3) is 0.500. The molecular formula is C14H21O. The molecule has 0 heterocycles. The van der Waals surface area contributed by atoms with Crippen molar-refractivity contribution in [2.45, 2.75) is 39.5 Å². The van der Waals surface area contributed by atoms with E-state index in [4.69, 9.17) is 4.74 Å². The van der Waals surface area contributed by atoms with Crippen molar-refractivity contribution in [1.82, 2.24) is 0 Å². The van der Waals surface area contributed by atoms with Gasteiger partial charge in [-0.3, -0.25) is 0 Å². The van der Waals surface area contributed by atoms with E-state index >= 15 is 0 Å². The number of para-hydroxylation sites is 1. The molecule has 1 radical (unpaired) electrons. The van der Waals surface area contributed by atoms with E-state index in [1.165, 1.54) is 11.1 Å². The Morgan fingerprint density at radius 3 is 2.27 bits per heavy atom. The highest BCUT2D eigenvalue weighted by atomic mass is 16.5. The van der Waals surface area contributed by atoms with Crippen molar-refractivity contribution in [1.29, 1.82) is 0 Å². The molecule has 0 aliphatic heterocycles. The summed E-state index contributed by atoms with van der Waals surface area (Å²) < 4.78 is 5.75. The maximum Gasteiger partial charge on any atom is 0.126 e. The third-order valence-corrected chi connectivity index (χ3v) is 2.52. The van der Waals surface area contributed by atoms with Crippen LogP contribution >= 0.6 is 0 Å². The summed E-state index contributed by atoms with van der Waals surface area (Å²) in [6.45, 7) is 13.3. The number of rotatable bonds is 4. The zero-order valence-corrected chi connectivity index (χ0v) is 10.2. The molecule has 1 aromatic carbocycles. The summed E-state index contributed by atoms with van der Waals surface area (Å²) in [4.78, 5) is 0. The van der Waals surface area contributed by atoms with Gasteiger partial charge in [-0.05, 0) is 36.8 Å². The largest absolute Gasteiger partial charge is 0.493 e. The van der Waals surface area contributed by atoms with Crippen LogP contribution in [0.15, 0.2) is 18.2 Å². The number of ether oxygens (including phenoxy) is 1. The van der Waals surface area contributed by atoms with Crippen LogP contribution < -0.4 is 4.74 Å². The minimum Gasteiger partial charge on any atom is -0.493 e.